The van der Waals surface area contributed by atoms with Crippen LogP contribution in [0.25, 0.3) is 11.4 Å². The molecule has 1 atom stereocenters. The van der Waals surface area contributed by atoms with Gasteiger partial charge in [0.15, 0.2) is 34.6 Å². The number of benzene rings is 4. The molecule has 1 aliphatic rings. The summed E-state index contributed by atoms with van der Waals surface area (Å²) in [6, 6.07) is 27.8. The fourth-order valence-corrected chi connectivity index (χ4v) is 6.21. The van der Waals surface area contributed by atoms with Crippen LogP contribution in [0.2, 0.25) is 0 Å². The van der Waals surface area contributed by atoms with Gasteiger partial charge in [-0.3, -0.25) is 4.72 Å². The van der Waals surface area contributed by atoms with Crippen molar-refractivity contribution in [2.45, 2.75) is 24.3 Å². The van der Waals surface area contributed by atoms with E-state index in [4.69, 9.17) is 33.2 Å². The molecule has 5 aromatic rings. The molecule has 4 aromatic carbocycles. The number of methoxy groups -OCH3 is 1. The van der Waals surface area contributed by atoms with Crippen molar-refractivity contribution in [3.63, 3.8) is 0 Å². The molecule has 1 aromatic heterocycles. The maximum atomic E-state index is 13.8. The van der Waals surface area contributed by atoms with Gasteiger partial charge < -0.3 is 38.5 Å². The van der Waals surface area contributed by atoms with E-state index in [1.165, 1.54) is 25.3 Å². The summed E-state index contributed by atoms with van der Waals surface area (Å²) in [4.78, 5) is 34.5. The van der Waals surface area contributed by atoms with E-state index in [2.05, 4.69) is 20.0 Å². The summed E-state index contributed by atoms with van der Waals surface area (Å²) in [5.74, 6) is 0.0129. The van der Waals surface area contributed by atoms with Gasteiger partial charge in [0.2, 0.25) is 12.5 Å². The minimum Gasteiger partial charge on any atom is -0.493 e. The largest absolute Gasteiger partial charge is 0.493 e. The molecule has 0 bridgehead atoms. The van der Waals surface area contributed by atoms with Gasteiger partial charge in [0.1, 0.15) is 19.3 Å². The van der Waals surface area contributed by atoms with Gasteiger partial charge in [0.05, 0.1) is 18.6 Å². The van der Waals surface area contributed by atoms with Gasteiger partial charge in [-0.05, 0) is 36.8 Å². The number of hydrogen-bond donors (Lipinski definition) is 2. The lowest BCUT2D eigenvalue weighted by Gasteiger charge is -2.19. The maximum Gasteiger partial charge on any atom is 0.407 e. The van der Waals surface area contributed by atoms with E-state index in [1.54, 1.807) is 61.5 Å². The molecule has 1 amide bonds. The SMILES string of the molecule is CCOC(=O)C(Cc1ccccc1)NC(=O)OCCOc1nc(-c2ccccc2)nc(NS(=O)(=O)c2ccc3c(c2)OCO3)c1Oc1ccccc1OC. The van der Waals surface area contributed by atoms with Crippen LogP contribution in [0.3, 0.4) is 0 Å². The second kappa shape index (κ2) is 17.3. The van der Waals surface area contributed by atoms with Crippen molar-refractivity contribution in [3.8, 4) is 46.0 Å². The molecule has 280 valence electrons. The molecule has 2 N–H and O–H groups in total. The lowest BCUT2D eigenvalue weighted by Crippen LogP contribution is -2.44. The lowest BCUT2D eigenvalue weighted by atomic mass is 10.1. The van der Waals surface area contributed by atoms with Crippen LogP contribution in [-0.4, -0.2) is 70.2 Å². The molecule has 0 spiro atoms. The van der Waals surface area contributed by atoms with Crippen LogP contribution in [0.4, 0.5) is 10.6 Å². The number of fused-ring (bicyclic) bond motifs is 1. The van der Waals surface area contributed by atoms with E-state index in [0.29, 0.717) is 17.1 Å². The first kappa shape index (κ1) is 37.2. The third-order valence-electron chi connectivity index (χ3n) is 7.73. The number of rotatable bonds is 16. The number of nitrogens with one attached hydrogen (secondary N) is 2. The second-order valence-corrected chi connectivity index (χ2v) is 13.1. The molecule has 0 saturated carbocycles. The Bertz CT molecular complexity index is 2190. The summed E-state index contributed by atoms with van der Waals surface area (Å²) in [5.41, 5.74) is 1.35. The Morgan fingerprint density at radius 1 is 0.833 bits per heavy atom. The first-order chi connectivity index (χ1) is 26.2. The molecule has 6 rings (SSSR count). The zero-order valence-corrected chi connectivity index (χ0v) is 30.0. The number of anilines is 1. The van der Waals surface area contributed by atoms with E-state index in [-0.39, 0.29) is 72.7 Å². The van der Waals surface area contributed by atoms with Crippen molar-refractivity contribution in [1.82, 2.24) is 15.3 Å². The number of aromatic nitrogens is 2. The lowest BCUT2D eigenvalue weighted by molar-refractivity contribution is -0.145. The second-order valence-electron chi connectivity index (χ2n) is 11.4. The molecule has 0 fully saturated rings. The minimum absolute atomic E-state index is 0.0404. The molecule has 0 radical (unpaired) electrons. The van der Waals surface area contributed by atoms with Gasteiger partial charge in [-0.15, -0.1) is 0 Å². The van der Waals surface area contributed by atoms with Crippen LogP contribution in [0, 0.1) is 0 Å². The topological polar surface area (TPSA) is 183 Å². The highest BCUT2D eigenvalue weighted by molar-refractivity contribution is 7.92. The summed E-state index contributed by atoms with van der Waals surface area (Å²) in [6.45, 7) is 1.19. The first-order valence-corrected chi connectivity index (χ1v) is 18.2. The fraction of sp³-hybridized carbons (Fsp3) is 0.211. The highest BCUT2D eigenvalue weighted by Crippen LogP contribution is 2.42. The van der Waals surface area contributed by atoms with Crippen LogP contribution < -0.4 is 33.7 Å². The van der Waals surface area contributed by atoms with Gasteiger partial charge in [-0.1, -0.05) is 72.8 Å². The van der Waals surface area contributed by atoms with Crippen LogP contribution in [0.15, 0.2) is 108 Å². The molecular weight excluding hydrogens is 721 g/mol. The van der Waals surface area contributed by atoms with Crippen LogP contribution in [-0.2, 0) is 30.7 Å². The van der Waals surface area contributed by atoms with Gasteiger partial charge in [0.25, 0.3) is 15.9 Å². The Hall–Kier alpha value is -6.55. The Balaban J connectivity index is 1.28. The van der Waals surface area contributed by atoms with Crippen LogP contribution in [0.1, 0.15) is 12.5 Å². The van der Waals surface area contributed by atoms with Crippen LogP contribution >= 0.6 is 0 Å². The van der Waals surface area contributed by atoms with Crippen molar-refractivity contribution in [1.29, 1.82) is 0 Å². The molecule has 16 heteroatoms. The van der Waals surface area contributed by atoms with Crippen molar-refractivity contribution in [2.75, 3.05) is 38.4 Å². The Morgan fingerprint density at radius 3 is 2.28 bits per heavy atom. The maximum absolute atomic E-state index is 13.8. The third kappa shape index (κ3) is 9.27. The molecule has 15 nitrogen and oxygen atoms in total. The highest BCUT2D eigenvalue weighted by atomic mass is 32.2. The summed E-state index contributed by atoms with van der Waals surface area (Å²) >= 11 is 0. The van der Waals surface area contributed by atoms with Gasteiger partial charge in [-0.25, -0.2) is 23.0 Å². The normalized spacial score (nSPS) is 12.3. The number of carbonyl (C=O) groups excluding carboxylic acids is 2. The Labute approximate surface area is 311 Å². The molecule has 0 saturated heterocycles. The molecule has 1 unspecified atom stereocenters. The monoisotopic (exact) mass is 756 g/mol. The summed E-state index contributed by atoms with van der Waals surface area (Å²) in [7, 11) is -2.87. The van der Waals surface area contributed by atoms with Crippen LogP contribution in [0.5, 0.6) is 34.6 Å². The Kier molecular flexibility index (Phi) is 11.9. The average molecular weight is 757 g/mol. The summed E-state index contributed by atoms with van der Waals surface area (Å²) in [6.07, 6.45) is -0.703. The molecular formula is C38H36N4O11S. The van der Waals surface area contributed by atoms with Crippen molar-refractivity contribution < 1.29 is 51.2 Å². The molecule has 54 heavy (non-hydrogen) atoms. The van der Waals surface area contributed by atoms with E-state index < -0.39 is 28.1 Å². The highest BCUT2D eigenvalue weighted by Gasteiger charge is 2.28. The minimum atomic E-state index is -4.32. The summed E-state index contributed by atoms with van der Waals surface area (Å²) < 4.78 is 69.1. The smallest absolute Gasteiger partial charge is 0.407 e. The Morgan fingerprint density at radius 2 is 1.54 bits per heavy atom. The van der Waals surface area contributed by atoms with Crippen molar-refractivity contribution >= 4 is 27.9 Å². The number of sulfonamides is 1. The molecule has 1 aliphatic heterocycles. The van der Waals surface area contributed by atoms with E-state index >= 15 is 0 Å². The zero-order chi connectivity index (χ0) is 37.9. The number of carbonyl (C=O) groups is 2. The third-order valence-corrected chi connectivity index (χ3v) is 9.07. The first-order valence-electron chi connectivity index (χ1n) is 16.7. The van der Waals surface area contributed by atoms with Gasteiger partial charge in [0, 0.05) is 18.1 Å². The predicted molar refractivity (Wildman–Crippen MR) is 194 cm³/mol. The number of amides is 1. The van der Waals surface area contributed by atoms with E-state index in [1.807, 2.05) is 30.3 Å². The zero-order valence-electron chi connectivity index (χ0n) is 29.2. The number of ether oxygens (including phenoxy) is 7. The number of alkyl carbamates (subject to hydrolysis) is 1. The quantitative estimate of drug-likeness (QED) is 0.0918. The van der Waals surface area contributed by atoms with Gasteiger partial charge in [-0.2, -0.15) is 4.98 Å². The standard InChI is InChI=1S/C38H36N4O11S/c1-3-48-37(43)28(22-25-12-6-4-7-13-25)39-38(44)50-21-20-49-36-33(53-31-17-11-10-16-29(31)47-2)35(40-34(41-36)26-14-8-5-9-15-26)42-54(45,46)27-18-19-30-32(23-27)52-24-51-30/h4-19,23,28H,3,20-22,24H2,1-2H3,(H,39,44)(H,40,41,42). The predicted octanol–water partition coefficient (Wildman–Crippen LogP) is 5.75. The van der Waals surface area contributed by atoms with Gasteiger partial charge >= 0.3 is 12.1 Å². The average Bonchev–Trinajstić information content (AvgIpc) is 3.66. The van der Waals surface area contributed by atoms with Crippen molar-refractivity contribution in [2.24, 2.45) is 0 Å². The van der Waals surface area contributed by atoms with E-state index in [0.717, 1.165) is 5.56 Å². The van der Waals surface area contributed by atoms with E-state index in [9.17, 15) is 18.0 Å². The summed E-state index contributed by atoms with van der Waals surface area (Å²) in [5, 5.41) is 2.55. The molecule has 2 heterocycles. The van der Waals surface area contributed by atoms with Crippen molar-refractivity contribution in [3.05, 3.63) is 109 Å². The molecule has 0 aliphatic carbocycles. The number of para-hydroxylation sites is 2. The number of hydrogen-bond acceptors (Lipinski definition) is 13. The number of esters is 1. The fourth-order valence-electron chi connectivity index (χ4n) is 5.19. The number of nitrogens with zero attached hydrogens (tertiary/aromatic N) is 2.